The Balaban J connectivity index is 2.40. The van der Waals surface area contributed by atoms with E-state index in [0.29, 0.717) is 11.4 Å². The van der Waals surface area contributed by atoms with E-state index in [1.807, 2.05) is 18.6 Å². The van der Waals surface area contributed by atoms with Gasteiger partial charge in [0.15, 0.2) is 0 Å². The summed E-state index contributed by atoms with van der Waals surface area (Å²) in [6.07, 6.45) is 3.35. The van der Waals surface area contributed by atoms with Gasteiger partial charge in [-0.2, -0.15) is 0 Å². The van der Waals surface area contributed by atoms with Crippen LogP contribution in [0.1, 0.15) is 18.4 Å². The van der Waals surface area contributed by atoms with Crippen molar-refractivity contribution in [2.24, 2.45) is 0 Å². The molecular formula is C10H9ClNO. The molecule has 0 aliphatic carbocycles. The van der Waals surface area contributed by atoms with Crippen molar-refractivity contribution in [3.63, 3.8) is 0 Å². The standard InChI is InChI=1S/C10H9ClNO/c11-8-4-5-9-7(6-8)2-1-3-10(13)12-9/h2,4-6H,1,3H2,(H,12,13). The highest BCUT2D eigenvalue weighted by molar-refractivity contribution is 6.30. The number of carbonyl (C=O) groups is 1. The smallest absolute Gasteiger partial charge is 0.224 e. The lowest BCUT2D eigenvalue weighted by atomic mass is 10.1. The molecule has 2 nitrogen and oxygen atoms in total. The fraction of sp³-hybridized carbons (Fsp3) is 0.200. The predicted octanol–water partition coefficient (Wildman–Crippen LogP) is 2.62. The van der Waals surface area contributed by atoms with Crippen molar-refractivity contribution >= 4 is 23.2 Å². The van der Waals surface area contributed by atoms with Crippen LogP contribution in [0.2, 0.25) is 5.02 Å². The van der Waals surface area contributed by atoms with Crippen molar-refractivity contribution < 1.29 is 4.79 Å². The first-order chi connectivity index (χ1) is 6.25. The van der Waals surface area contributed by atoms with Crippen molar-refractivity contribution in [2.75, 3.05) is 5.32 Å². The second-order valence-electron chi connectivity index (χ2n) is 3.02. The van der Waals surface area contributed by atoms with E-state index in [2.05, 4.69) is 5.32 Å². The van der Waals surface area contributed by atoms with Crippen LogP contribution < -0.4 is 5.32 Å². The van der Waals surface area contributed by atoms with Crippen molar-refractivity contribution in [3.05, 3.63) is 35.2 Å². The Labute approximate surface area is 81.9 Å². The number of hydrogen-bond donors (Lipinski definition) is 1. The van der Waals surface area contributed by atoms with Crippen LogP contribution >= 0.6 is 11.6 Å². The molecule has 0 fully saturated rings. The minimum absolute atomic E-state index is 0.0670. The second kappa shape index (κ2) is 3.38. The highest BCUT2D eigenvalue weighted by atomic mass is 35.5. The van der Waals surface area contributed by atoms with E-state index in [1.54, 1.807) is 6.07 Å². The Morgan fingerprint density at radius 2 is 2.23 bits per heavy atom. The van der Waals surface area contributed by atoms with Crippen molar-refractivity contribution in [2.45, 2.75) is 12.8 Å². The number of amides is 1. The molecule has 0 spiro atoms. The van der Waals surface area contributed by atoms with Gasteiger partial charge in [-0.15, -0.1) is 0 Å². The van der Waals surface area contributed by atoms with Gasteiger partial charge in [-0.3, -0.25) is 4.79 Å². The van der Waals surface area contributed by atoms with Gasteiger partial charge in [0.1, 0.15) is 0 Å². The zero-order chi connectivity index (χ0) is 9.26. The summed E-state index contributed by atoms with van der Waals surface area (Å²) in [7, 11) is 0. The summed E-state index contributed by atoms with van der Waals surface area (Å²) in [5.74, 6) is 0.0670. The van der Waals surface area contributed by atoms with Crippen LogP contribution in [-0.4, -0.2) is 5.91 Å². The molecule has 1 aromatic carbocycles. The molecule has 1 aliphatic heterocycles. The van der Waals surface area contributed by atoms with Crippen LogP contribution in [0.4, 0.5) is 5.69 Å². The number of hydrogen-bond acceptors (Lipinski definition) is 1. The average Bonchev–Trinajstić information content (AvgIpc) is 2.25. The molecule has 0 bridgehead atoms. The minimum atomic E-state index is 0.0670. The summed E-state index contributed by atoms with van der Waals surface area (Å²) in [4.78, 5) is 11.2. The summed E-state index contributed by atoms with van der Waals surface area (Å²) in [6, 6.07) is 5.47. The topological polar surface area (TPSA) is 29.1 Å². The highest BCUT2D eigenvalue weighted by Crippen LogP contribution is 2.26. The Kier molecular flexibility index (Phi) is 2.23. The van der Waals surface area contributed by atoms with Gasteiger partial charge < -0.3 is 5.32 Å². The van der Waals surface area contributed by atoms with Crippen LogP contribution in [0.25, 0.3) is 0 Å². The maximum absolute atomic E-state index is 11.2. The highest BCUT2D eigenvalue weighted by Gasteiger charge is 2.12. The lowest BCUT2D eigenvalue weighted by Gasteiger charge is -2.05. The third-order valence-corrected chi connectivity index (χ3v) is 2.26. The van der Waals surface area contributed by atoms with Gasteiger partial charge in [0.25, 0.3) is 0 Å². The molecule has 2 rings (SSSR count). The third-order valence-electron chi connectivity index (χ3n) is 2.02. The lowest BCUT2D eigenvalue weighted by Crippen LogP contribution is -2.08. The molecule has 13 heavy (non-hydrogen) atoms. The van der Waals surface area contributed by atoms with Crippen LogP contribution in [-0.2, 0) is 4.79 Å². The quantitative estimate of drug-likeness (QED) is 0.676. The molecule has 0 saturated carbocycles. The fourth-order valence-electron chi connectivity index (χ4n) is 1.39. The SMILES string of the molecule is O=C1CC[CH]c2cc(Cl)ccc2N1. The van der Waals surface area contributed by atoms with Gasteiger partial charge in [-0.05, 0) is 36.6 Å². The van der Waals surface area contributed by atoms with E-state index in [9.17, 15) is 4.79 Å². The molecule has 67 valence electrons. The largest absolute Gasteiger partial charge is 0.326 e. The molecule has 3 heteroatoms. The van der Waals surface area contributed by atoms with Crippen molar-refractivity contribution in [3.8, 4) is 0 Å². The Morgan fingerprint density at radius 1 is 1.38 bits per heavy atom. The molecule has 1 aliphatic rings. The molecule has 1 N–H and O–H groups in total. The third kappa shape index (κ3) is 1.83. The van der Waals surface area contributed by atoms with Crippen LogP contribution in [0.3, 0.4) is 0 Å². The van der Waals surface area contributed by atoms with E-state index in [0.717, 1.165) is 17.7 Å². The molecule has 1 heterocycles. The molecule has 0 unspecified atom stereocenters. The van der Waals surface area contributed by atoms with Crippen molar-refractivity contribution in [1.29, 1.82) is 0 Å². The Hall–Kier alpha value is -1.02. The number of anilines is 1. The fourth-order valence-corrected chi connectivity index (χ4v) is 1.57. The van der Waals surface area contributed by atoms with E-state index in [-0.39, 0.29) is 5.91 Å². The predicted molar refractivity (Wildman–Crippen MR) is 52.7 cm³/mol. The second-order valence-corrected chi connectivity index (χ2v) is 3.46. The number of halogens is 1. The summed E-state index contributed by atoms with van der Waals surface area (Å²) < 4.78 is 0. The molecule has 1 radical (unpaired) electrons. The summed E-state index contributed by atoms with van der Waals surface area (Å²) >= 11 is 5.83. The average molecular weight is 195 g/mol. The Morgan fingerprint density at radius 3 is 3.08 bits per heavy atom. The zero-order valence-corrected chi connectivity index (χ0v) is 7.77. The van der Waals surface area contributed by atoms with Gasteiger partial charge in [-0.25, -0.2) is 0 Å². The van der Waals surface area contributed by atoms with E-state index in [4.69, 9.17) is 11.6 Å². The van der Waals surface area contributed by atoms with Gasteiger partial charge >= 0.3 is 0 Å². The van der Waals surface area contributed by atoms with E-state index in [1.165, 1.54) is 0 Å². The van der Waals surface area contributed by atoms with E-state index < -0.39 is 0 Å². The first-order valence-corrected chi connectivity index (χ1v) is 4.56. The number of carbonyl (C=O) groups excluding carboxylic acids is 1. The van der Waals surface area contributed by atoms with Gasteiger partial charge in [0.2, 0.25) is 5.91 Å². The molecule has 1 aromatic rings. The normalized spacial score (nSPS) is 15.9. The van der Waals surface area contributed by atoms with E-state index >= 15 is 0 Å². The van der Waals surface area contributed by atoms with Crippen molar-refractivity contribution in [1.82, 2.24) is 0 Å². The maximum atomic E-state index is 11.2. The molecule has 0 atom stereocenters. The molecule has 0 aromatic heterocycles. The molecule has 1 amide bonds. The van der Waals surface area contributed by atoms with Crippen LogP contribution in [0.5, 0.6) is 0 Å². The summed E-state index contributed by atoms with van der Waals surface area (Å²) in [5, 5.41) is 3.52. The van der Waals surface area contributed by atoms with Gasteiger partial charge in [0, 0.05) is 17.1 Å². The first-order valence-electron chi connectivity index (χ1n) is 4.18. The van der Waals surface area contributed by atoms with Gasteiger partial charge in [0.05, 0.1) is 0 Å². The first kappa shape index (κ1) is 8.57. The number of nitrogens with one attached hydrogen (secondary N) is 1. The Bertz CT molecular complexity index is 349. The van der Waals surface area contributed by atoms with Crippen LogP contribution in [0, 0.1) is 6.42 Å². The monoisotopic (exact) mass is 194 g/mol. The molecular weight excluding hydrogens is 186 g/mol. The number of fused-ring (bicyclic) bond motifs is 1. The summed E-state index contributed by atoms with van der Waals surface area (Å²) in [6.45, 7) is 0. The maximum Gasteiger partial charge on any atom is 0.224 e. The van der Waals surface area contributed by atoms with Crippen LogP contribution in [0.15, 0.2) is 18.2 Å². The summed E-state index contributed by atoms with van der Waals surface area (Å²) in [5.41, 5.74) is 1.87. The number of benzene rings is 1. The molecule has 0 saturated heterocycles. The lowest BCUT2D eigenvalue weighted by molar-refractivity contribution is -0.116. The van der Waals surface area contributed by atoms with Gasteiger partial charge in [-0.1, -0.05) is 11.6 Å². The minimum Gasteiger partial charge on any atom is -0.326 e. The number of rotatable bonds is 0. The zero-order valence-electron chi connectivity index (χ0n) is 7.01.